The SMILES string of the molecule is O=C(O)COc1cccc(C(=O)N2CCc3sccc3C2)c1. The smallest absolute Gasteiger partial charge is 0.341 e. The Morgan fingerprint density at radius 1 is 1.32 bits per heavy atom. The van der Waals surface area contributed by atoms with Crippen LogP contribution in [0.3, 0.4) is 0 Å². The van der Waals surface area contributed by atoms with Gasteiger partial charge in [0, 0.05) is 23.5 Å². The third kappa shape index (κ3) is 3.12. The number of fused-ring (bicyclic) bond motifs is 1. The highest BCUT2D eigenvalue weighted by atomic mass is 32.1. The van der Waals surface area contributed by atoms with E-state index in [2.05, 4.69) is 11.4 Å². The van der Waals surface area contributed by atoms with Crippen molar-refractivity contribution in [3.05, 3.63) is 51.7 Å². The van der Waals surface area contributed by atoms with Crippen LogP contribution < -0.4 is 4.74 Å². The molecule has 1 amide bonds. The normalized spacial score (nSPS) is 13.5. The summed E-state index contributed by atoms with van der Waals surface area (Å²) < 4.78 is 5.12. The summed E-state index contributed by atoms with van der Waals surface area (Å²) in [6.07, 6.45) is 0.883. The molecule has 1 N–H and O–H groups in total. The summed E-state index contributed by atoms with van der Waals surface area (Å²) in [5, 5.41) is 10.7. The van der Waals surface area contributed by atoms with Gasteiger partial charge < -0.3 is 14.7 Å². The second-order valence-corrected chi connectivity index (χ2v) is 6.06. The summed E-state index contributed by atoms with van der Waals surface area (Å²) in [6, 6.07) is 8.72. The van der Waals surface area contributed by atoms with Crippen molar-refractivity contribution in [2.75, 3.05) is 13.2 Å². The zero-order valence-electron chi connectivity index (χ0n) is 11.8. The molecule has 0 fully saturated rings. The van der Waals surface area contributed by atoms with Crippen molar-refractivity contribution in [3.63, 3.8) is 0 Å². The van der Waals surface area contributed by atoms with E-state index >= 15 is 0 Å². The maximum absolute atomic E-state index is 12.6. The fraction of sp³-hybridized carbons (Fsp3) is 0.250. The molecule has 0 aliphatic carbocycles. The van der Waals surface area contributed by atoms with E-state index < -0.39 is 12.6 Å². The first-order chi connectivity index (χ1) is 10.6. The number of hydrogen-bond donors (Lipinski definition) is 1. The largest absolute Gasteiger partial charge is 0.482 e. The predicted octanol–water partition coefficient (Wildman–Crippen LogP) is 2.41. The van der Waals surface area contributed by atoms with Crippen LogP contribution in [0.15, 0.2) is 35.7 Å². The fourth-order valence-corrected chi connectivity index (χ4v) is 3.36. The molecular weight excluding hydrogens is 302 g/mol. The first kappa shape index (κ1) is 14.6. The van der Waals surface area contributed by atoms with Crippen LogP contribution in [0.4, 0.5) is 0 Å². The Bertz CT molecular complexity index is 710. The number of carboxylic acids is 1. The minimum absolute atomic E-state index is 0.0578. The standard InChI is InChI=1S/C16H15NO4S/c18-15(19)10-21-13-3-1-2-11(8-13)16(20)17-6-4-14-12(9-17)5-7-22-14/h1-3,5,7-8H,4,6,9-10H2,(H,18,19). The van der Waals surface area contributed by atoms with Gasteiger partial charge in [-0.15, -0.1) is 11.3 Å². The second-order valence-electron chi connectivity index (χ2n) is 5.06. The van der Waals surface area contributed by atoms with Gasteiger partial charge in [-0.3, -0.25) is 4.79 Å². The lowest BCUT2D eigenvalue weighted by atomic mass is 10.1. The Morgan fingerprint density at radius 3 is 3.00 bits per heavy atom. The number of carboxylic acid groups (broad SMARTS) is 1. The van der Waals surface area contributed by atoms with Crippen LogP contribution in [0.5, 0.6) is 5.75 Å². The minimum atomic E-state index is -1.04. The Kier molecular flexibility index (Phi) is 4.11. The molecule has 0 saturated carbocycles. The highest BCUT2D eigenvalue weighted by Crippen LogP contribution is 2.25. The zero-order chi connectivity index (χ0) is 15.5. The summed E-state index contributed by atoms with van der Waals surface area (Å²) >= 11 is 1.73. The monoisotopic (exact) mass is 317 g/mol. The van der Waals surface area contributed by atoms with Crippen LogP contribution in [0.2, 0.25) is 0 Å². The second kappa shape index (κ2) is 6.19. The van der Waals surface area contributed by atoms with Gasteiger partial charge in [0.15, 0.2) is 6.61 Å². The third-order valence-corrected chi connectivity index (χ3v) is 4.56. The summed E-state index contributed by atoms with van der Waals surface area (Å²) in [5.41, 5.74) is 1.73. The van der Waals surface area contributed by atoms with Crippen molar-refractivity contribution in [1.82, 2.24) is 4.90 Å². The average molecular weight is 317 g/mol. The Morgan fingerprint density at radius 2 is 2.18 bits per heavy atom. The van der Waals surface area contributed by atoms with Gasteiger partial charge in [0.05, 0.1) is 0 Å². The molecule has 2 aromatic rings. The number of carbonyl (C=O) groups is 2. The molecule has 0 radical (unpaired) electrons. The van der Waals surface area contributed by atoms with E-state index in [1.807, 2.05) is 4.90 Å². The lowest BCUT2D eigenvalue weighted by Crippen LogP contribution is -2.35. The van der Waals surface area contributed by atoms with E-state index in [1.54, 1.807) is 35.6 Å². The number of hydrogen-bond acceptors (Lipinski definition) is 4. The maximum Gasteiger partial charge on any atom is 0.341 e. The van der Waals surface area contributed by atoms with Crippen LogP contribution in [0.25, 0.3) is 0 Å². The van der Waals surface area contributed by atoms with Crippen LogP contribution in [0, 0.1) is 0 Å². The van der Waals surface area contributed by atoms with Gasteiger partial charge in [0.2, 0.25) is 0 Å². The summed E-state index contributed by atoms with van der Waals surface area (Å²) in [5.74, 6) is -0.711. The lowest BCUT2D eigenvalue weighted by Gasteiger charge is -2.27. The van der Waals surface area contributed by atoms with Gasteiger partial charge in [-0.25, -0.2) is 4.79 Å². The molecular formula is C16H15NO4S. The molecule has 0 spiro atoms. The first-order valence-corrected chi connectivity index (χ1v) is 7.80. The Balaban J connectivity index is 1.72. The van der Waals surface area contributed by atoms with E-state index in [0.29, 0.717) is 24.4 Å². The topological polar surface area (TPSA) is 66.8 Å². The number of amides is 1. The van der Waals surface area contributed by atoms with E-state index in [9.17, 15) is 9.59 Å². The number of thiophene rings is 1. The van der Waals surface area contributed by atoms with Gasteiger partial charge in [-0.05, 0) is 41.6 Å². The molecule has 6 heteroatoms. The van der Waals surface area contributed by atoms with Crippen LogP contribution in [0.1, 0.15) is 20.8 Å². The summed E-state index contributed by atoms with van der Waals surface area (Å²) in [4.78, 5) is 26.3. The molecule has 1 aromatic carbocycles. The van der Waals surface area contributed by atoms with Crippen LogP contribution >= 0.6 is 11.3 Å². The number of nitrogens with zero attached hydrogens (tertiary/aromatic N) is 1. The van der Waals surface area contributed by atoms with Crippen molar-refractivity contribution < 1.29 is 19.4 Å². The van der Waals surface area contributed by atoms with Gasteiger partial charge >= 0.3 is 5.97 Å². The van der Waals surface area contributed by atoms with E-state index in [1.165, 1.54) is 10.4 Å². The van der Waals surface area contributed by atoms with Gasteiger partial charge in [-0.1, -0.05) is 6.07 Å². The number of ether oxygens (including phenoxy) is 1. The zero-order valence-corrected chi connectivity index (χ0v) is 12.6. The van der Waals surface area contributed by atoms with Crippen molar-refractivity contribution in [1.29, 1.82) is 0 Å². The molecule has 5 nitrogen and oxygen atoms in total. The van der Waals surface area contributed by atoms with Gasteiger partial charge in [-0.2, -0.15) is 0 Å². The maximum atomic E-state index is 12.6. The molecule has 22 heavy (non-hydrogen) atoms. The Hall–Kier alpha value is -2.34. The van der Waals surface area contributed by atoms with Crippen molar-refractivity contribution >= 4 is 23.2 Å². The lowest BCUT2D eigenvalue weighted by molar-refractivity contribution is -0.139. The molecule has 1 aromatic heterocycles. The quantitative estimate of drug-likeness (QED) is 0.940. The minimum Gasteiger partial charge on any atom is -0.482 e. The fourth-order valence-electron chi connectivity index (χ4n) is 2.47. The molecule has 0 bridgehead atoms. The highest BCUT2D eigenvalue weighted by Gasteiger charge is 2.22. The third-order valence-electron chi connectivity index (χ3n) is 3.54. The molecule has 114 valence electrons. The van der Waals surface area contributed by atoms with Crippen molar-refractivity contribution in [2.45, 2.75) is 13.0 Å². The molecule has 1 aliphatic rings. The number of aliphatic carboxylic acids is 1. The number of rotatable bonds is 4. The van der Waals surface area contributed by atoms with E-state index in [-0.39, 0.29) is 5.91 Å². The van der Waals surface area contributed by atoms with Crippen LogP contribution in [-0.4, -0.2) is 35.0 Å². The molecule has 2 heterocycles. The first-order valence-electron chi connectivity index (χ1n) is 6.92. The highest BCUT2D eigenvalue weighted by molar-refractivity contribution is 7.10. The molecule has 3 rings (SSSR count). The predicted molar refractivity (Wildman–Crippen MR) is 82.3 cm³/mol. The summed E-state index contributed by atoms with van der Waals surface area (Å²) in [6.45, 7) is 0.907. The van der Waals surface area contributed by atoms with E-state index in [4.69, 9.17) is 9.84 Å². The van der Waals surface area contributed by atoms with Gasteiger partial charge in [0.25, 0.3) is 5.91 Å². The van der Waals surface area contributed by atoms with Crippen molar-refractivity contribution in [2.24, 2.45) is 0 Å². The molecule has 0 atom stereocenters. The van der Waals surface area contributed by atoms with Crippen molar-refractivity contribution in [3.8, 4) is 5.75 Å². The number of benzene rings is 1. The Labute approximate surface area is 131 Å². The van der Waals surface area contributed by atoms with Gasteiger partial charge in [0.1, 0.15) is 5.75 Å². The summed E-state index contributed by atoms with van der Waals surface area (Å²) in [7, 11) is 0. The number of carbonyl (C=O) groups excluding carboxylic acids is 1. The average Bonchev–Trinajstić information content (AvgIpc) is 3.00. The molecule has 0 unspecified atom stereocenters. The molecule has 1 aliphatic heterocycles. The van der Waals surface area contributed by atoms with Crippen LogP contribution in [-0.2, 0) is 17.8 Å². The van der Waals surface area contributed by atoms with E-state index in [0.717, 1.165) is 6.42 Å². The molecule has 0 saturated heterocycles.